The maximum Gasteiger partial charge on any atom is 0.126 e. The molecule has 2 nitrogen and oxygen atoms in total. The summed E-state index contributed by atoms with van der Waals surface area (Å²) in [6.07, 6.45) is 6.82. The number of halogens is 1. The van der Waals surface area contributed by atoms with Gasteiger partial charge >= 0.3 is 0 Å². The summed E-state index contributed by atoms with van der Waals surface area (Å²) in [6, 6.07) is 6.83. The number of rotatable bonds is 0. The third-order valence-electron chi connectivity index (χ3n) is 3.42. The Morgan fingerprint density at radius 2 is 2.05 bits per heavy atom. The molecule has 104 valence electrons. The molecule has 0 radical (unpaired) electrons. The second kappa shape index (κ2) is 6.44. The van der Waals surface area contributed by atoms with E-state index in [1.807, 2.05) is 19.1 Å². The molecule has 2 aromatic rings. The summed E-state index contributed by atoms with van der Waals surface area (Å²) in [5.74, 6) is -0.154. The molecule has 1 aromatic heterocycles. The van der Waals surface area contributed by atoms with Crippen LogP contribution in [0.15, 0.2) is 49.3 Å². The first-order valence-corrected chi connectivity index (χ1v) is 6.71. The highest BCUT2D eigenvalue weighted by atomic mass is 19.1. The summed E-state index contributed by atoms with van der Waals surface area (Å²) in [5, 5.41) is 0. The normalized spacial score (nSPS) is 16.1. The minimum Gasteiger partial charge on any atom is -0.320 e. The van der Waals surface area contributed by atoms with E-state index in [1.54, 1.807) is 24.5 Å². The molecule has 1 aliphatic rings. The standard InChI is InChI=1S/C14H13FN2.C3H6/c15-13-3-1-2-11-10(13)5-4-9-6-7-17-8-12(9)14(11)16;1-3-2/h1-3,6-8,14H,4-5,16H2;3H,1H2,2H3. The summed E-state index contributed by atoms with van der Waals surface area (Å²) in [6.45, 7) is 5.25. The fourth-order valence-corrected chi connectivity index (χ4v) is 2.50. The first-order chi connectivity index (χ1) is 9.69. The van der Waals surface area contributed by atoms with Crippen molar-refractivity contribution < 1.29 is 4.39 Å². The number of nitrogens with zero attached hydrogens (tertiary/aromatic N) is 1. The Hall–Kier alpha value is -2.00. The van der Waals surface area contributed by atoms with Crippen molar-refractivity contribution in [3.05, 3.63) is 77.4 Å². The lowest BCUT2D eigenvalue weighted by Gasteiger charge is -2.14. The number of allylic oxidation sites excluding steroid dienone is 1. The van der Waals surface area contributed by atoms with Crippen LogP contribution in [0.25, 0.3) is 0 Å². The Kier molecular flexibility index (Phi) is 4.64. The summed E-state index contributed by atoms with van der Waals surface area (Å²) in [5.41, 5.74) is 10.0. The molecule has 0 fully saturated rings. The highest BCUT2D eigenvalue weighted by Gasteiger charge is 2.22. The van der Waals surface area contributed by atoms with Crippen molar-refractivity contribution in [1.82, 2.24) is 4.98 Å². The molecule has 1 aliphatic carbocycles. The van der Waals surface area contributed by atoms with Gasteiger partial charge in [0.2, 0.25) is 0 Å². The molecule has 0 spiro atoms. The van der Waals surface area contributed by atoms with E-state index in [1.165, 1.54) is 11.6 Å². The van der Waals surface area contributed by atoms with Crippen LogP contribution in [-0.4, -0.2) is 4.98 Å². The quantitative estimate of drug-likeness (QED) is 0.743. The number of hydrogen-bond donors (Lipinski definition) is 1. The molecule has 20 heavy (non-hydrogen) atoms. The third-order valence-corrected chi connectivity index (χ3v) is 3.42. The number of nitrogens with two attached hydrogens (primary N) is 1. The van der Waals surface area contributed by atoms with Gasteiger partial charge in [-0.05, 0) is 54.2 Å². The third kappa shape index (κ3) is 2.78. The smallest absolute Gasteiger partial charge is 0.126 e. The Bertz CT molecular complexity index is 608. The van der Waals surface area contributed by atoms with Crippen LogP contribution in [0.4, 0.5) is 4.39 Å². The van der Waals surface area contributed by atoms with E-state index in [9.17, 15) is 4.39 Å². The fraction of sp³-hybridized carbons (Fsp3) is 0.235. The Morgan fingerprint density at radius 3 is 2.80 bits per heavy atom. The lowest BCUT2D eigenvalue weighted by Crippen LogP contribution is -2.14. The minimum atomic E-state index is -0.271. The van der Waals surface area contributed by atoms with Crippen LogP contribution in [0.5, 0.6) is 0 Å². The molecule has 3 heteroatoms. The van der Waals surface area contributed by atoms with Crippen LogP contribution in [0, 0.1) is 5.82 Å². The van der Waals surface area contributed by atoms with Crippen molar-refractivity contribution in [1.29, 1.82) is 0 Å². The van der Waals surface area contributed by atoms with Crippen molar-refractivity contribution >= 4 is 0 Å². The molecule has 1 aromatic carbocycles. The number of pyridine rings is 1. The highest BCUT2D eigenvalue weighted by molar-refractivity contribution is 5.43. The summed E-state index contributed by atoms with van der Waals surface area (Å²) in [7, 11) is 0. The van der Waals surface area contributed by atoms with Gasteiger partial charge < -0.3 is 5.73 Å². The van der Waals surface area contributed by atoms with Crippen molar-refractivity contribution in [2.45, 2.75) is 25.8 Å². The van der Waals surface area contributed by atoms with Gasteiger partial charge in [-0.15, -0.1) is 6.58 Å². The minimum absolute atomic E-state index is 0.154. The average molecular weight is 270 g/mol. The van der Waals surface area contributed by atoms with Crippen molar-refractivity contribution in [2.24, 2.45) is 5.73 Å². The Morgan fingerprint density at radius 1 is 1.30 bits per heavy atom. The lowest BCUT2D eigenvalue weighted by atomic mass is 9.97. The summed E-state index contributed by atoms with van der Waals surface area (Å²) >= 11 is 0. The highest BCUT2D eigenvalue weighted by Crippen LogP contribution is 2.31. The fourth-order valence-electron chi connectivity index (χ4n) is 2.50. The first kappa shape index (κ1) is 14.4. The van der Waals surface area contributed by atoms with Crippen LogP contribution < -0.4 is 5.73 Å². The van der Waals surface area contributed by atoms with E-state index in [-0.39, 0.29) is 11.9 Å². The van der Waals surface area contributed by atoms with Crippen molar-refractivity contribution in [3.8, 4) is 0 Å². The molecule has 0 bridgehead atoms. The zero-order valence-corrected chi connectivity index (χ0v) is 11.6. The van der Waals surface area contributed by atoms with E-state index in [4.69, 9.17) is 5.73 Å². The number of fused-ring (bicyclic) bond motifs is 2. The van der Waals surface area contributed by atoms with Crippen LogP contribution in [-0.2, 0) is 12.8 Å². The van der Waals surface area contributed by atoms with Crippen molar-refractivity contribution in [3.63, 3.8) is 0 Å². The molecule has 0 amide bonds. The summed E-state index contributed by atoms with van der Waals surface area (Å²) < 4.78 is 13.8. The molecule has 0 saturated carbocycles. The first-order valence-electron chi connectivity index (χ1n) is 6.71. The molecule has 1 atom stereocenters. The second-order valence-electron chi connectivity index (χ2n) is 4.77. The molecule has 0 aliphatic heterocycles. The predicted octanol–water partition coefficient (Wildman–Crippen LogP) is 3.56. The van der Waals surface area contributed by atoms with Gasteiger partial charge in [-0.1, -0.05) is 18.2 Å². The molecule has 0 saturated heterocycles. The van der Waals surface area contributed by atoms with Gasteiger partial charge in [0.05, 0.1) is 6.04 Å². The van der Waals surface area contributed by atoms with Crippen LogP contribution >= 0.6 is 0 Å². The molecule has 1 heterocycles. The molecular formula is C17H19FN2. The SMILES string of the molecule is C=CC.NC1c2cnccc2CCc2c(F)cccc21. The van der Waals surface area contributed by atoms with E-state index >= 15 is 0 Å². The van der Waals surface area contributed by atoms with Gasteiger partial charge in [0, 0.05) is 12.4 Å². The van der Waals surface area contributed by atoms with Crippen LogP contribution in [0.3, 0.4) is 0 Å². The number of hydrogen-bond acceptors (Lipinski definition) is 2. The Balaban J connectivity index is 0.000000452. The maximum atomic E-state index is 13.8. The predicted molar refractivity (Wildman–Crippen MR) is 79.9 cm³/mol. The zero-order valence-electron chi connectivity index (χ0n) is 11.6. The van der Waals surface area contributed by atoms with E-state index in [0.717, 1.165) is 23.1 Å². The monoisotopic (exact) mass is 270 g/mol. The topological polar surface area (TPSA) is 38.9 Å². The zero-order chi connectivity index (χ0) is 14.5. The van der Waals surface area contributed by atoms with Gasteiger partial charge in [0.25, 0.3) is 0 Å². The number of benzene rings is 1. The molecule has 1 unspecified atom stereocenters. The van der Waals surface area contributed by atoms with Gasteiger partial charge in [0.1, 0.15) is 5.82 Å². The number of aryl methyl sites for hydroxylation is 1. The van der Waals surface area contributed by atoms with E-state index in [0.29, 0.717) is 6.42 Å². The van der Waals surface area contributed by atoms with E-state index < -0.39 is 0 Å². The maximum absolute atomic E-state index is 13.8. The van der Waals surface area contributed by atoms with E-state index in [2.05, 4.69) is 11.6 Å². The van der Waals surface area contributed by atoms with Gasteiger partial charge in [-0.3, -0.25) is 4.98 Å². The largest absolute Gasteiger partial charge is 0.320 e. The number of aromatic nitrogens is 1. The van der Waals surface area contributed by atoms with Crippen LogP contribution in [0.2, 0.25) is 0 Å². The second-order valence-corrected chi connectivity index (χ2v) is 4.77. The molecule has 2 N–H and O–H groups in total. The summed E-state index contributed by atoms with van der Waals surface area (Å²) in [4.78, 5) is 4.11. The van der Waals surface area contributed by atoms with Gasteiger partial charge in [0.15, 0.2) is 0 Å². The van der Waals surface area contributed by atoms with Gasteiger partial charge in [-0.2, -0.15) is 0 Å². The van der Waals surface area contributed by atoms with Gasteiger partial charge in [-0.25, -0.2) is 4.39 Å². The molecule has 3 rings (SSSR count). The van der Waals surface area contributed by atoms with Crippen LogP contribution in [0.1, 0.15) is 35.2 Å². The Labute approximate surface area is 119 Å². The lowest BCUT2D eigenvalue weighted by molar-refractivity contribution is 0.605. The molecular weight excluding hydrogens is 251 g/mol. The van der Waals surface area contributed by atoms with Crippen molar-refractivity contribution in [2.75, 3.05) is 0 Å². The average Bonchev–Trinajstić information content (AvgIpc) is 2.60.